The van der Waals surface area contributed by atoms with E-state index < -0.39 is 0 Å². The number of H-pyrrole nitrogens is 1. The molecule has 1 saturated heterocycles. The van der Waals surface area contributed by atoms with Crippen molar-refractivity contribution in [2.75, 3.05) is 19.4 Å². The minimum atomic E-state index is -0.312. The van der Waals surface area contributed by atoms with Gasteiger partial charge in [-0.05, 0) is 0 Å². The molecule has 1 unspecified atom stereocenters. The maximum atomic E-state index is 11.7. The van der Waals surface area contributed by atoms with Crippen LogP contribution in [0.5, 0.6) is 0 Å². The van der Waals surface area contributed by atoms with Crippen LogP contribution in [-0.2, 0) is 14.3 Å². The molecule has 17 heavy (non-hydrogen) atoms. The number of amides is 1. The number of esters is 1. The highest BCUT2D eigenvalue weighted by Gasteiger charge is 2.34. The van der Waals surface area contributed by atoms with Gasteiger partial charge in [-0.15, -0.1) is 11.8 Å². The molecule has 1 atom stereocenters. The summed E-state index contributed by atoms with van der Waals surface area (Å²) < 4.78 is 4.56. The van der Waals surface area contributed by atoms with Crippen LogP contribution < -0.4 is 0 Å². The van der Waals surface area contributed by atoms with Crippen molar-refractivity contribution in [3.05, 3.63) is 18.2 Å². The predicted molar refractivity (Wildman–Crippen MR) is 62.1 cm³/mol. The number of methoxy groups -OCH3 is 1. The minimum absolute atomic E-state index is 0.0281. The van der Waals surface area contributed by atoms with Crippen molar-refractivity contribution >= 4 is 23.6 Å². The second-order valence-electron chi connectivity index (χ2n) is 3.55. The number of imidazole rings is 1. The number of carbonyl (C=O) groups is 2. The third-order valence-corrected chi connectivity index (χ3v) is 3.71. The number of aromatic amines is 1. The zero-order valence-electron chi connectivity index (χ0n) is 9.38. The van der Waals surface area contributed by atoms with Crippen molar-refractivity contribution in [2.45, 2.75) is 11.8 Å². The fourth-order valence-electron chi connectivity index (χ4n) is 1.65. The van der Waals surface area contributed by atoms with Crippen LogP contribution in [-0.4, -0.2) is 46.2 Å². The van der Waals surface area contributed by atoms with Gasteiger partial charge in [0, 0.05) is 18.9 Å². The number of hydrogen-bond acceptors (Lipinski definition) is 5. The van der Waals surface area contributed by atoms with E-state index in [0.29, 0.717) is 12.3 Å². The molecule has 2 rings (SSSR count). The predicted octanol–water partition coefficient (Wildman–Crippen LogP) is 0.547. The second kappa shape index (κ2) is 5.22. The Kier molecular flexibility index (Phi) is 3.68. The highest BCUT2D eigenvalue weighted by atomic mass is 32.2. The molecule has 1 aliphatic rings. The lowest BCUT2D eigenvalue weighted by Crippen LogP contribution is -2.31. The molecule has 0 aliphatic carbocycles. The molecule has 1 N–H and O–H groups in total. The summed E-state index contributed by atoms with van der Waals surface area (Å²) in [6.45, 7) is 0.365. The molecule has 0 saturated carbocycles. The highest BCUT2D eigenvalue weighted by molar-refractivity contribution is 8.00. The molecule has 1 aromatic heterocycles. The van der Waals surface area contributed by atoms with Gasteiger partial charge >= 0.3 is 5.97 Å². The number of nitrogens with one attached hydrogen (secondary N) is 1. The van der Waals surface area contributed by atoms with Gasteiger partial charge in [-0.2, -0.15) is 0 Å². The van der Waals surface area contributed by atoms with Gasteiger partial charge in [0.15, 0.2) is 0 Å². The van der Waals surface area contributed by atoms with Crippen molar-refractivity contribution in [3.8, 4) is 0 Å². The Morgan fingerprint density at radius 3 is 3.24 bits per heavy atom. The van der Waals surface area contributed by atoms with E-state index >= 15 is 0 Å². The SMILES string of the molecule is COC(=O)CCN1C(=O)CSC1c1ncc[nH]1. The van der Waals surface area contributed by atoms with E-state index in [2.05, 4.69) is 14.7 Å². The largest absolute Gasteiger partial charge is 0.469 e. The van der Waals surface area contributed by atoms with Gasteiger partial charge in [0.1, 0.15) is 11.2 Å². The first-order valence-corrected chi connectivity index (χ1v) is 6.24. The molecule has 1 amide bonds. The zero-order valence-corrected chi connectivity index (χ0v) is 10.2. The molecule has 1 aliphatic heterocycles. The van der Waals surface area contributed by atoms with Crippen LogP contribution in [0.1, 0.15) is 17.6 Å². The molecule has 0 aromatic carbocycles. The van der Waals surface area contributed by atoms with E-state index in [1.54, 1.807) is 17.3 Å². The summed E-state index contributed by atoms with van der Waals surface area (Å²) >= 11 is 1.51. The van der Waals surface area contributed by atoms with Crippen LogP contribution in [0.2, 0.25) is 0 Å². The van der Waals surface area contributed by atoms with E-state index in [-0.39, 0.29) is 23.7 Å². The Morgan fingerprint density at radius 2 is 2.59 bits per heavy atom. The van der Waals surface area contributed by atoms with E-state index in [9.17, 15) is 9.59 Å². The molecule has 1 aromatic rings. The summed E-state index contributed by atoms with van der Waals surface area (Å²) in [6, 6.07) is 0. The van der Waals surface area contributed by atoms with E-state index in [0.717, 1.165) is 5.82 Å². The van der Waals surface area contributed by atoms with Gasteiger partial charge in [0.05, 0.1) is 19.3 Å². The Balaban J connectivity index is 2.02. The third kappa shape index (κ3) is 2.60. The molecule has 7 heteroatoms. The maximum absolute atomic E-state index is 11.7. The summed E-state index contributed by atoms with van der Waals surface area (Å²) in [5, 5.41) is -0.123. The standard InChI is InChI=1S/C10H13N3O3S/c1-16-8(15)2-5-13-7(14)6-17-10(13)9-11-3-4-12-9/h3-4,10H,2,5-6H2,1H3,(H,11,12). The smallest absolute Gasteiger partial charge is 0.307 e. The van der Waals surface area contributed by atoms with E-state index in [1.807, 2.05) is 0 Å². The number of hydrogen-bond donors (Lipinski definition) is 1. The van der Waals surface area contributed by atoms with Crippen molar-refractivity contribution in [2.24, 2.45) is 0 Å². The topological polar surface area (TPSA) is 75.3 Å². The monoisotopic (exact) mass is 255 g/mol. The first kappa shape index (κ1) is 12.0. The Morgan fingerprint density at radius 1 is 1.76 bits per heavy atom. The Hall–Kier alpha value is -1.50. The van der Waals surface area contributed by atoms with Crippen molar-refractivity contribution in [3.63, 3.8) is 0 Å². The quantitative estimate of drug-likeness (QED) is 0.795. The summed E-state index contributed by atoms with van der Waals surface area (Å²) in [5.41, 5.74) is 0. The minimum Gasteiger partial charge on any atom is -0.469 e. The fourth-order valence-corrected chi connectivity index (χ4v) is 2.80. The number of rotatable bonds is 4. The number of nitrogens with zero attached hydrogens (tertiary/aromatic N) is 2. The normalized spacial score (nSPS) is 19.7. The summed E-state index contributed by atoms with van der Waals surface area (Å²) in [5.74, 6) is 0.880. The molecular formula is C10H13N3O3S. The van der Waals surface area contributed by atoms with Gasteiger partial charge in [-0.25, -0.2) is 4.98 Å². The van der Waals surface area contributed by atoms with Crippen LogP contribution >= 0.6 is 11.8 Å². The molecule has 0 bridgehead atoms. The molecular weight excluding hydrogens is 242 g/mol. The molecule has 92 valence electrons. The Bertz CT molecular complexity index is 407. The average molecular weight is 255 g/mol. The number of thioether (sulfide) groups is 1. The molecule has 0 radical (unpaired) electrons. The van der Waals surface area contributed by atoms with Crippen LogP contribution in [0, 0.1) is 0 Å². The molecule has 0 spiro atoms. The van der Waals surface area contributed by atoms with Crippen LogP contribution in [0.4, 0.5) is 0 Å². The summed E-state index contributed by atoms with van der Waals surface area (Å²) in [7, 11) is 1.34. The van der Waals surface area contributed by atoms with Gasteiger partial charge in [0.25, 0.3) is 0 Å². The van der Waals surface area contributed by atoms with Gasteiger partial charge in [-0.1, -0.05) is 0 Å². The van der Waals surface area contributed by atoms with Crippen LogP contribution in [0.15, 0.2) is 12.4 Å². The average Bonchev–Trinajstić information content (AvgIpc) is 2.95. The van der Waals surface area contributed by atoms with Gasteiger partial charge < -0.3 is 14.6 Å². The maximum Gasteiger partial charge on any atom is 0.307 e. The summed E-state index contributed by atoms with van der Waals surface area (Å²) in [4.78, 5) is 31.6. The summed E-state index contributed by atoms with van der Waals surface area (Å²) in [6.07, 6.45) is 3.58. The lowest BCUT2D eigenvalue weighted by molar-refractivity contribution is -0.141. The number of ether oxygens (including phenoxy) is 1. The first-order chi connectivity index (χ1) is 8.22. The van der Waals surface area contributed by atoms with E-state index in [1.165, 1.54) is 18.9 Å². The molecule has 2 heterocycles. The highest BCUT2D eigenvalue weighted by Crippen LogP contribution is 2.36. The van der Waals surface area contributed by atoms with Crippen LogP contribution in [0.25, 0.3) is 0 Å². The van der Waals surface area contributed by atoms with Crippen molar-refractivity contribution < 1.29 is 14.3 Å². The number of carbonyl (C=O) groups excluding carboxylic acids is 2. The fraction of sp³-hybridized carbons (Fsp3) is 0.500. The van der Waals surface area contributed by atoms with Gasteiger partial charge in [-0.3, -0.25) is 9.59 Å². The Labute approximate surface area is 103 Å². The molecule has 1 fully saturated rings. The van der Waals surface area contributed by atoms with Crippen LogP contribution in [0.3, 0.4) is 0 Å². The van der Waals surface area contributed by atoms with Crippen molar-refractivity contribution in [1.82, 2.24) is 14.9 Å². The van der Waals surface area contributed by atoms with E-state index in [4.69, 9.17) is 0 Å². The first-order valence-electron chi connectivity index (χ1n) is 5.19. The third-order valence-electron chi connectivity index (χ3n) is 2.51. The number of aromatic nitrogens is 2. The van der Waals surface area contributed by atoms with Gasteiger partial charge in [0.2, 0.25) is 5.91 Å². The lowest BCUT2D eigenvalue weighted by atomic mass is 10.3. The lowest BCUT2D eigenvalue weighted by Gasteiger charge is -2.21. The second-order valence-corrected chi connectivity index (χ2v) is 4.62. The van der Waals surface area contributed by atoms with Crippen molar-refractivity contribution in [1.29, 1.82) is 0 Å². The zero-order chi connectivity index (χ0) is 12.3. The molecule has 6 nitrogen and oxygen atoms in total.